The molecule has 3 aromatic rings. The van der Waals surface area contributed by atoms with Crippen molar-refractivity contribution in [1.82, 2.24) is 14.8 Å². The summed E-state index contributed by atoms with van der Waals surface area (Å²) in [5.74, 6) is 2.71. The van der Waals surface area contributed by atoms with Gasteiger partial charge in [-0.05, 0) is 73.3 Å². The molecule has 1 aliphatic rings. The first-order chi connectivity index (χ1) is 18.7. The van der Waals surface area contributed by atoms with Crippen molar-refractivity contribution < 1.29 is 9.53 Å². The van der Waals surface area contributed by atoms with E-state index >= 15 is 0 Å². The molecule has 0 bridgehead atoms. The Morgan fingerprint density at radius 1 is 1.28 bits per heavy atom. The van der Waals surface area contributed by atoms with Gasteiger partial charge in [0.05, 0.1) is 17.9 Å². The highest BCUT2D eigenvalue weighted by atomic mass is 32.2. The Hall–Kier alpha value is -2.83. The number of hydrogen-bond donors (Lipinski definition) is 1. The maximum Gasteiger partial charge on any atom is 0.235 e. The van der Waals surface area contributed by atoms with Crippen LogP contribution >= 0.6 is 23.1 Å². The lowest BCUT2D eigenvalue weighted by molar-refractivity contribution is -0.113. The first-order valence-corrected chi connectivity index (χ1v) is 15.6. The summed E-state index contributed by atoms with van der Waals surface area (Å²) >= 11 is 2.93. The van der Waals surface area contributed by atoms with Crippen LogP contribution in [-0.4, -0.2) is 33.0 Å². The number of nitrogens with zero attached hydrogens (tertiary/aromatic N) is 4. The topological polar surface area (TPSA) is 92.8 Å². The van der Waals surface area contributed by atoms with Gasteiger partial charge in [0.25, 0.3) is 0 Å². The molecule has 1 aromatic carbocycles. The summed E-state index contributed by atoms with van der Waals surface area (Å²) < 4.78 is 7.81. The normalized spacial score (nSPS) is 15.2. The number of thioether (sulfide) groups is 1. The molecule has 0 spiro atoms. The van der Waals surface area contributed by atoms with E-state index in [0.29, 0.717) is 40.7 Å². The van der Waals surface area contributed by atoms with E-state index in [1.165, 1.54) is 16.6 Å². The number of aromatic nitrogens is 3. The van der Waals surface area contributed by atoms with Crippen molar-refractivity contribution in [3.8, 4) is 23.2 Å². The van der Waals surface area contributed by atoms with Crippen molar-refractivity contribution in [1.29, 1.82) is 5.26 Å². The number of nitriles is 1. The van der Waals surface area contributed by atoms with Crippen molar-refractivity contribution in [2.45, 2.75) is 78.9 Å². The van der Waals surface area contributed by atoms with Gasteiger partial charge >= 0.3 is 0 Å². The molecule has 9 heteroatoms. The van der Waals surface area contributed by atoms with Crippen LogP contribution in [-0.2, 0) is 24.2 Å². The molecule has 2 heterocycles. The highest BCUT2D eigenvalue weighted by Gasteiger charge is 2.34. The van der Waals surface area contributed by atoms with E-state index in [-0.39, 0.29) is 17.1 Å². The van der Waals surface area contributed by atoms with Gasteiger partial charge in [-0.25, -0.2) is 0 Å². The van der Waals surface area contributed by atoms with Gasteiger partial charge in [0.1, 0.15) is 16.8 Å². The number of ether oxygens (including phenoxy) is 1. The first-order valence-electron chi connectivity index (χ1n) is 13.8. The number of amides is 1. The zero-order valence-corrected chi connectivity index (χ0v) is 25.5. The third-order valence-electron chi connectivity index (χ3n) is 7.71. The van der Waals surface area contributed by atoms with Gasteiger partial charge in [0.15, 0.2) is 11.0 Å². The summed E-state index contributed by atoms with van der Waals surface area (Å²) in [5.41, 5.74) is 2.99. The molecule has 1 aliphatic carbocycles. The molecule has 1 amide bonds. The van der Waals surface area contributed by atoms with Gasteiger partial charge in [-0.1, -0.05) is 52.8 Å². The standard InChI is InChI=1S/C30H39N5O2S2/c1-7-30(5,6)21-11-14-23-24(16-31)28(39-25(23)15-21)32-26(36)18-38-29-34-33-27(35(29)8-2)20-9-12-22(13-10-20)37-17-19(3)4/h9-10,12-13,19,21H,7-8,11,14-15,17-18H2,1-6H3,(H,32,36). The van der Waals surface area contributed by atoms with E-state index in [1.807, 2.05) is 35.8 Å². The highest BCUT2D eigenvalue weighted by molar-refractivity contribution is 7.99. The summed E-state index contributed by atoms with van der Waals surface area (Å²) in [4.78, 5) is 14.2. The van der Waals surface area contributed by atoms with Crippen LogP contribution in [0.2, 0.25) is 0 Å². The molecule has 7 nitrogen and oxygen atoms in total. The number of benzene rings is 1. The van der Waals surface area contributed by atoms with E-state index in [0.717, 1.165) is 48.4 Å². The molecule has 208 valence electrons. The maximum atomic E-state index is 13.0. The summed E-state index contributed by atoms with van der Waals surface area (Å²) in [6, 6.07) is 10.2. The number of anilines is 1. The molecule has 1 N–H and O–H groups in total. The lowest BCUT2D eigenvalue weighted by Crippen LogP contribution is -2.28. The van der Waals surface area contributed by atoms with E-state index in [4.69, 9.17) is 4.74 Å². The Labute approximate surface area is 240 Å². The number of hydrogen-bond acceptors (Lipinski definition) is 7. The molecule has 4 rings (SSSR count). The second-order valence-electron chi connectivity index (χ2n) is 11.2. The minimum Gasteiger partial charge on any atom is -0.493 e. The molecule has 1 unspecified atom stereocenters. The summed E-state index contributed by atoms with van der Waals surface area (Å²) in [6.07, 6.45) is 4.10. The average molecular weight is 566 g/mol. The zero-order valence-electron chi connectivity index (χ0n) is 23.8. The van der Waals surface area contributed by atoms with Gasteiger partial charge in [-0.3, -0.25) is 4.79 Å². The number of nitrogens with one attached hydrogen (secondary N) is 1. The van der Waals surface area contributed by atoms with Crippen molar-refractivity contribution >= 4 is 34.0 Å². The van der Waals surface area contributed by atoms with Gasteiger partial charge < -0.3 is 14.6 Å². The minimum absolute atomic E-state index is 0.139. The number of thiophene rings is 1. The molecule has 39 heavy (non-hydrogen) atoms. The maximum absolute atomic E-state index is 13.0. The van der Waals surface area contributed by atoms with Crippen LogP contribution in [0, 0.1) is 28.6 Å². The third kappa shape index (κ3) is 6.67. The quantitative estimate of drug-likeness (QED) is 0.247. The van der Waals surface area contributed by atoms with Gasteiger partial charge in [-0.15, -0.1) is 21.5 Å². The Bertz CT molecular complexity index is 1330. The van der Waals surface area contributed by atoms with E-state index in [2.05, 4.69) is 56.2 Å². The zero-order chi connectivity index (χ0) is 28.2. The van der Waals surface area contributed by atoms with Gasteiger partial charge in [0, 0.05) is 17.0 Å². The molecular formula is C30H39N5O2S2. The predicted octanol–water partition coefficient (Wildman–Crippen LogP) is 7.20. The smallest absolute Gasteiger partial charge is 0.235 e. The fraction of sp³-hybridized carbons (Fsp3) is 0.533. The van der Waals surface area contributed by atoms with Gasteiger partial charge in [0.2, 0.25) is 5.91 Å². The van der Waals surface area contributed by atoms with Crippen molar-refractivity contribution in [2.75, 3.05) is 17.7 Å². The van der Waals surface area contributed by atoms with Crippen LogP contribution in [0.5, 0.6) is 5.75 Å². The largest absolute Gasteiger partial charge is 0.493 e. The minimum atomic E-state index is -0.139. The van der Waals surface area contributed by atoms with Crippen LogP contribution < -0.4 is 10.1 Å². The lowest BCUT2D eigenvalue weighted by Gasteiger charge is -2.36. The summed E-state index contributed by atoms with van der Waals surface area (Å²) in [6.45, 7) is 14.6. The molecule has 2 aromatic heterocycles. The molecule has 0 saturated heterocycles. The fourth-order valence-corrected chi connectivity index (χ4v) is 6.99. The Kier molecular flexibility index (Phi) is 9.39. The van der Waals surface area contributed by atoms with E-state index < -0.39 is 0 Å². The molecule has 0 radical (unpaired) electrons. The van der Waals surface area contributed by atoms with Crippen LogP contribution in [0.3, 0.4) is 0 Å². The van der Waals surface area contributed by atoms with Crippen LogP contribution in [0.4, 0.5) is 5.00 Å². The Morgan fingerprint density at radius 3 is 2.67 bits per heavy atom. The molecule has 0 fully saturated rings. The average Bonchev–Trinajstić information content (AvgIpc) is 3.50. The second kappa shape index (κ2) is 12.6. The molecule has 0 aliphatic heterocycles. The first kappa shape index (κ1) is 29.2. The van der Waals surface area contributed by atoms with E-state index in [9.17, 15) is 10.1 Å². The lowest BCUT2D eigenvalue weighted by atomic mass is 9.69. The number of carbonyl (C=O) groups is 1. The molecule has 1 atom stereocenters. The SMILES string of the molecule is CCn1c(SCC(=O)Nc2sc3c(c2C#N)CCC(C(C)(C)CC)C3)nnc1-c1ccc(OCC(C)C)cc1. The van der Waals surface area contributed by atoms with Crippen LogP contribution in [0.25, 0.3) is 11.4 Å². The van der Waals surface area contributed by atoms with Crippen molar-refractivity contribution in [2.24, 2.45) is 17.3 Å². The van der Waals surface area contributed by atoms with Crippen LogP contribution in [0.1, 0.15) is 70.4 Å². The Balaban J connectivity index is 1.41. The van der Waals surface area contributed by atoms with Crippen LogP contribution in [0.15, 0.2) is 29.4 Å². The number of fused-ring (bicyclic) bond motifs is 1. The van der Waals surface area contributed by atoms with Crippen molar-refractivity contribution in [3.63, 3.8) is 0 Å². The Morgan fingerprint density at radius 2 is 2.03 bits per heavy atom. The molecule has 0 saturated carbocycles. The summed E-state index contributed by atoms with van der Waals surface area (Å²) in [5, 5.41) is 23.0. The monoisotopic (exact) mass is 565 g/mol. The highest BCUT2D eigenvalue weighted by Crippen LogP contribution is 2.45. The number of rotatable bonds is 11. The van der Waals surface area contributed by atoms with E-state index in [1.54, 1.807) is 11.3 Å². The van der Waals surface area contributed by atoms with Crippen molar-refractivity contribution in [3.05, 3.63) is 40.3 Å². The van der Waals surface area contributed by atoms with Gasteiger partial charge in [-0.2, -0.15) is 5.26 Å². The summed E-state index contributed by atoms with van der Waals surface area (Å²) in [7, 11) is 0. The molecular weight excluding hydrogens is 526 g/mol. The second-order valence-corrected chi connectivity index (χ2v) is 13.3. The predicted molar refractivity (Wildman–Crippen MR) is 159 cm³/mol. The third-order valence-corrected chi connectivity index (χ3v) is 9.84. The fourth-order valence-electron chi connectivity index (χ4n) is 4.90. The number of carbonyl (C=O) groups excluding carboxylic acids is 1.